The van der Waals surface area contributed by atoms with E-state index in [1.807, 2.05) is 0 Å². The molecular weight excluding hydrogens is 182 g/mol. The van der Waals surface area contributed by atoms with Crippen molar-refractivity contribution >= 4 is 12.1 Å². The van der Waals surface area contributed by atoms with Gasteiger partial charge in [-0.2, -0.15) is 0 Å². The first kappa shape index (κ1) is 22.5. The van der Waals surface area contributed by atoms with Crippen LogP contribution in [0, 0.1) is 0 Å². The third-order valence-corrected chi connectivity index (χ3v) is 0. The smallest absolute Gasteiger partial charge is 0.652 e. The number of hydrogen-bond donors (Lipinski definition) is 0. The SMILES string of the molecule is CC(=O)[O-].O=C([O-])[O-].[Co+2].[Li+]. The first-order valence-corrected chi connectivity index (χ1v) is 1.52. The predicted octanol–water partition coefficient (Wildman–Crippen LogP) is -6.69. The summed E-state index contributed by atoms with van der Waals surface area (Å²) in [5, 5.41) is 25.6. The van der Waals surface area contributed by atoms with Gasteiger partial charge < -0.3 is 24.9 Å². The summed E-state index contributed by atoms with van der Waals surface area (Å²) in [5.41, 5.74) is 0. The van der Waals surface area contributed by atoms with Gasteiger partial charge in [0, 0.05) is 5.97 Å². The van der Waals surface area contributed by atoms with Gasteiger partial charge >= 0.3 is 35.6 Å². The van der Waals surface area contributed by atoms with E-state index in [-0.39, 0.29) is 35.6 Å². The normalized spacial score (nSPS) is 4.90. The fourth-order valence-corrected chi connectivity index (χ4v) is 0. The van der Waals surface area contributed by atoms with Gasteiger partial charge in [-0.1, -0.05) is 0 Å². The molecule has 55 valence electrons. The Hall–Kier alpha value is -0.156. The van der Waals surface area contributed by atoms with Crippen LogP contribution in [0.1, 0.15) is 6.92 Å². The molecule has 0 aromatic carbocycles. The number of aliphatic carboxylic acids is 1. The maximum Gasteiger partial charge on any atom is 2.00 e. The zero-order valence-corrected chi connectivity index (χ0v) is 6.42. The zero-order chi connectivity index (χ0) is 7.15. The monoisotopic (exact) mass is 185 g/mol. The molecule has 0 aromatic rings. The van der Waals surface area contributed by atoms with Crippen molar-refractivity contribution in [2.24, 2.45) is 0 Å². The fourth-order valence-electron chi connectivity index (χ4n) is 0. The number of carbonyl (C=O) groups excluding carboxylic acids is 2. The molecule has 0 aliphatic carbocycles. The van der Waals surface area contributed by atoms with E-state index < -0.39 is 12.1 Å². The van der Waals surface area contributed by atoms with Crippen molar-refractivity contribution in [3.8, 4) is 0 Å². The molecule has 0 aliphatic rings. The van der Waals surface area contributed by atoms with Crippen LogP contribution >= 0.6 is 0 Å². The Morgan fingerprint density at radius 2 is 1.10 bits per heavy atom. The first-order chi connectivity index (χ1) is 3.46. The van der Waals surface area contributed by atoms with Crippen LogP contribution in [0.3, 0.4) is 0 Å². The molecule has 0 amide bonds. The van der Waals surface area contributed by atoms with Crippen molar-refractivity contribution in [2.75, 3.05) is 0 Å². The van der Waals surface area contributed by atoms with Crippen molar-refractivity contribution < 1.29 is 60.5 Å². The summed E-state index contributed by atoms with van der Waals surface area (Å²) < 4.78 is 0. The van der Waals surface area contributed by atoms with Gasteiger partial charge in [0.2, 0.25) is 0 Å². The molecule has 0 heterocycles. The number of rotatable bonds is 0. The molecule has 0 rings (SSSR count). The van der Waals surface area contributed by atoms with Crippen LogP contribution in [-0.4, -0.2) is 12.1 Å². The summed E-state index contributed by atoms with van der Waals surface area (Å²) in [7, 11) is 0. The maximum atomic E-state index is 8.89. The quantitative estimate of drug-likeness (QED) is 0.349. The third kappa shape index (κ3) is 15100. The summed E-state index contributed by atoms with van der Waals surface area (Å²) >= 11 is 0. The number of hydrogen-bond acceptors (Lipinski definition) is 5. The molecule has 10 heavy (non-hydrogen) atoms. The molecule has 0 fully saturated rings. The van der Waals surface area contributed by atoms with E-state index >= 15 is 0 Å². The average Bonchev–Trinajstić information content (AvgIpc) is 1.25. The van der Waals surface area contributed by atoms with E-state index in [1.54, 1.807) is 0 Å². The van der Waals surface area contributed by atoms with Crippen LogP contribution in [0.5, 0.6) is 0 Å². The molecular formula is C3H3CoLiO5. The van der Waals surface area contributed by atoms with Gasteiger partial charge in [0.1, 0.15) is 0 Å². The van der Waals surface area contributed by atoms with E-state index in [0.29, 0.717) is 0 Å². The van der Waals surface area contributed by atoms with Gasteiger partial charge in [0.25, 0.3) is 0 Å². The van der Waals surface area contributed by atoms with Crippen LogP contribution in [0.15, 0.2) is 0 Å². The largest absolute Gasteiger partial charge is 2.00 e. The van der Waals surface area contributed by atoms with Gasteiger partial charge in [-0.25, -0.2) is 0 Å². The molecule has 7 heteroatoms. The van der Waals surface area contributed by atoms with Crippen molar-refractivity contribution in [3.63, 3.8) is 0 Å². The molecule has 0 saturated carbocycles. The Kier molecular flexibility index (Phi) is 35.9. The Bertz CT molecular complexity index is 74.9. The second-order valence-corrected chi connectivity index (χ2v) is 0.742. The van der Waals surface area contributed by atoms with E-state index in [0.717, 1.165) is 6.92 Å². The van der Waals surface area contributed by atoms with Crippen LogP contribution < -0.4 is 34.2 Å². The van der Waals surface area contributed by atoms with E-state index in [2.05, 4.69) is 0 Å². The van der Waals surface area contributed by atoms with Crippen LogP contribution in [0.2, 0.25) is 0 Å². The van der Waals surface area contributed by atoms with E-state index in [4.69, 9.17) is 24.9 Å². The minimum atomic E-state index is -2.33. The number of carboxylic acid groups (broad SMARTS) is 3. The van der Waals surface area contributed by atoms with Crippen LogP contribution in [0.4, 0.5) is 4.79 Å². The Labute approximate surface area is 79.8 Å². The third-order valence-electron chi connectivity index (χ3n) is 0. The summed E-state index contributed by atoms with van der Waals surface area (Å²) in [4.78, 5) is 17.2. The second kappa shape index (κ2) is 15.9. The maximum absolute atomic E-state index is 8.89. The average molecular weight is 185 g/mol. The Morgan fingerprint density at radius 3 is 1.10 bits per heavy atom. The minimum Gasteiger partial charge on any atom is -0.652 e. The molecule has 1 radical (unpaired) electrons. The van der Waals surface area contributed by atoms with E-state index in [9.17, 15) is 0 Å². The second-order valence-electron chi connectivity index (χ2n) is 0.742. The molecule has 0 spiro atoms. The summed E-state index contributed by atoms with van der Waals surface area (Å²) in [6.07, 6.45) is -2.33. The van der Waals surface area contributed by atoms with Gasteiger partial charge in [0.15, 0.2) is 0 Å². The van der Waals surface area contributed by atoms with Gasteiger partial charge in [-0.05, 0) is 13.1 Å². The zero-order valence-electron chi connectivity index (χ0n) is 5.37. The molecule has 0 aromatic heterocycles. The van der Waals surface area contributed by atoms with Crippen LogP contribution in [0.25, 0.3) is 0 Å². The molecule has 5 nitrogen and oxygen atoms in total. The molecule has 0 N–H and O–H groups in total. The predicted molar refractivity (Wildman–Crippen MR) is 16.1 cm³/mol. The summed E-state index contributed by atoms with van der Waals surface area (Å²) in [5.74, 6) is -1.08. The molecule has 0 bridgehead atoms. The number of carboxylic acids is 1. The number of carbonyl (C=O) groups is 2. The molecule has 0 unspecified atom stereocenters. The summed E-state index contributed by atoms with van der Waals surface area (Å²) in [6.45, 7) is 0.972. The van der Waals surface area contributed by atoms with Gasteiger partial charge in [-0.3, -0.25) is 0 Å². The van der Waals surface area contributed by atoms with E-state index in [1.165, 1.54) is 0 Å². The van der Waals surface area contributed by atoms with Crippen molar-refractivity contribution in [1.29, 1.82) is 0 Å². The van der Waals surface area contributed by atoms with Crippen LogP contribution in [-0.2, 0) is 21.6 Å². The van der Waals surface area contributed by atoms with Crippen molar-refractivity contribution in [2.45, 2.75) is 6.92 Å². The standard InChI is InChI=1S/C2H4O2.CH2O3.Co.Li/c1-2(3)4;2-1(3)4;;/h1H3,(H,3,4);(H2,2,3,4);;/q;;+2;+1/p-3. The van der Waals surface area contributed by atoms with Crippen molar-refractivity contribution in [3.05, 3.63) is 0 Å². The van der Waals surface area contributed by atoms with Gasteiger partial charge in [-0.15, -0.1) is 0 Å². The topological polar surface area (TPSA) is 103 Å². The summed E-state index contributed by atoms with van der Waals surface area (Å²) in [6, 6.07) is 0. The minimum absolute atomic E-state index is 0. The Balaban J connectivity index is -0.0000000300. The van der Waals surface area contributed by atoms with Crippen molar-refractivity contribution in [1.82, 2.24) is 0 Å². The first-order valence-electron chi connectivity index (χ1n) is 1.52. The van der Waals surface area contributed by atoms with Gasteiger partial charge in [0.05, 0.1) is 0 Å². The Morgan fingerprint density at radius 1 is 1.10 bits per heavy atom. The molecule has 0 atom stereocenters. The molecule has 0 aliphatic heterocycles. The molecule has 0 saturated heterocycles. The fraction of sp³-hybridized carbons (Fsp3) is 0.333.